The Morgan fingerprint density at radius 3 is 2.56 bits per heavy atom. The molecule has 0 saturated carbocycles. The maximum atomic E-state index is 13.5. The topological polar surface area (TPSA) is 44.1 Å². The molecule has 4 heteroatoms. The lowest BCUT2D eigenvalue weighted by molar-refractivity contribution is -0.128. The van der Waals surface area contributed by atoms with Crippen molar-refractivity contribution in [2.45, 2.75) is 26.8 Å². The van der Waals surface area contributed by atoms with E-state index in [2.05, 4.69) is 6.07 Å². The van der Waals surface area contributed by atoms with E-state index in [4.69, 9.17) is 5.26 Å². The molecule has 1 heterocycles. The summed E-state index contributed by atoms with van der Waals surface area (Å²) in [6, 6.07) is 5.64. The van der Waals surface area contributed by atoms with E-state index < -0.39 is 0 Å². The van der Waals surface area contributed by atoms with Crippen LogP contribution in [0.3, 0.4) is 0 Å². The summed E-state index contributed by atoms with van der Waals surface area (Å²) in [5.41, 5.74) is 2.10. The van der Waals surface area contributed by atoms with Gasteiger partial charge < -0.3 is 4.90 Å². The van der Waals surface area contributed by atoms with Gasteiger partial charge in [0.15, 0.2) is 0 Å². The second-order valence-electron chi connectivity index (χ2n) is 4.85. The maximum Gasteiger partial charge on any atom is 0.224 e. The number of nitriles is 1. The number of hydrogen-bond donors (Lipinski definition) is 0. The predicted molar refractivity (Wildman–Crippen MR) is 65.0 cm³/mol. The smallest absolute Gasteiger partial charge is 0.224 e. The summed E-state index contributed by atoms with van der Waals surface area (Å²) >= 11 is 0. The summed E-state index contributed by atoms with van der Waals surface area (Å²) in [5, 5.41) is 8.81. The predicted octanol–water partition coefficient (Wildman–Crippen LogP) is 2.31. The van der Waals surface area contributed by atoms with Crippen molar-refractivity contribution in [3.05, 3.63) is 34.6 Å². The SMILES string of the molecule is Cc1cc(CN2CC(C#N)CC2=O)cc(C)c1F. The van der Waals surface area contributed by atoms with E-state index in [1.807, 2.05) is 0 Å². The first-order chi connectivity index (χ1) is 8.51. The molecule has 94 valence electrons. The van der Waals surface area contributed by atoms with Crippen molar-refractivity contribution in [1.29, 1.82) is 5.26 Å². The van der Waals surface area contributed by atoms with Crippen molar-refractivity contribution in [2.75, 3.05) is 6.54 Å². The molecule has 1 saturated heterocycles. The Labute approximate surface area is 106 Å². The van der Waals surface area contributed by atoms with Gasteiger partial charge in [-0.3, -0.25) is 4.79 Å². The number of nitrogens with zero attached hydrogens (tertiary/aromatic N) is 2. The quantitative estimate of drug-likeness (QED) is 0.803. The molecule has 2 rings (SSSR count). The summed E-state index contributed by atoms with van der Waals surface area (Å²) in [4.78, 5) is 13.4. The normalized spacial score (nSPS) is 19.1. The van der Waals surface area contributed by atoms with Gasteiger partial charge in [0.05, 0.1) is 12.0 Å². The Morgan fingerprint density at radius 1 is 1.44 bits per heavy atom. The minimum absolute atomic E-state index is 0.00109. The molecule has 1 unspecified atom stereocenters. The Balaban J connectivity index is 2.16. The Morgan fingerprint density at radius 2 is 2.06 bits per heavy atom. The van der Waals surface area contributed by atoms with Crippen LogP contribution in [0.2, 0.25) is 0 Å². The molecule has 0 aromatic heterocycles. The number of carbonyl (C=O) groups is 1. The lowest BCUT2D eigenvalue weighted by Gasteiger charge is -2.16. The molecule has 0 radical (unpaired) electrons. The van der Waals surface area contributed by atoms with Crippen LogP contribution in [0.4, 0.5) is 4.39 Å². The average molecular weight is 246 g/mol. The minimum Gasteiger partial charge on any atom is -0.337 e. The van der Waals surface area contributed by atoms with Crippen LogP contribution < -0.4 is 0 Å². The minimum atomic E-state index is -0.208. The van der Waals surface area contributed by atoms with Gasteiger partial charge >= 0.3 is 0 Å². The summed E-state index contributed by atoms with van der Waals surface area (Å²) < 4.78 is 13.5. The van der Waals surface area contributed by atoms with E-state index in [0.29, 0.717) is 30.6 Å². The molecule has 1 amide bonds. The van der Waals surface area contributed by atoms with Crippen molar-refractivity contribution in [3.8, 4) is 6.07 Å². The lowest BCUT2D eigenvalue weighted by Crippen LogP contribution is -2.24. The van der Waals surface area contributed by atoms with Gasteiger partial charge in [0.25, 0.3) is 0 Å². The number of halogens is 1. The Kier molecular flexibility index (Phi) is 3.33. The third-order valence-corrected chi connectivity index (χ3v) is 3.27. The number of hydrogen-bond acceptors (Lipinski definition) is 2. The van der Waals surface area contributed by atoms with Gasteiger partial charge in [0.2, 0.25) is 5.91 Å². The fraction of sp³-hybridized carbons (Fsp3) is 0.429. The van der Waals surface area contributed by atoms with E-state index in [1.54, 1.807) is 30.9 Å². The van der Waals surface area contributed by atoms with Crippen LogP contribution >= 0.6 is 0 Å². The Bertz CT molecular complexity index is 510. The molecule has 0 N–H and O–H groups in total. The second-order valence-corrected chi connectivity index (χ2v) is 4.85. The third-order valence-electron chi connectivity index (χ3n) is 3.27. The van der Waals surface area contributed by atoms with Crippen LogP contribution in [-0.2, 0) is 11.3 Å². The highest BCUT2D eigenvalue weighted by molar-refractivity contribution is 5.79. The molecule has 3 nitrogen and oxygen atoms in total. The fourth-order valence-electron chi connectivity index (χ4n) is 2.36. The highest BCUT2D eigenvalue weighted by Crippen LogP contribution is 2.21. The number of carbonyl (C=O) groups excluding carboxylic acids is 1. The van der Waals surface area contributed by atoms with Gasteiger partial charge in [-0.15, -0.1) is 0 Å². The van der Waals surface area contributed by atoms with Crippen LogP contribution in [0.15, 0.2) is 12.1 Å². The average Bonchev–Trinajstić information content (AvgIpc) is 2.67. The molecule has 18 heavy (non-hydrogen) atoms. The summed E-state index contributed by atoms with van der Waals surface area (Å²) in [6.07, 6.45) is 0.301. The van der Waals surface area contributed by atoms with Crippen LogP contribution in [0.1, 0.15) is 23.1 Å². The van der Waals surface area contributed by atoms with Gasteiger partial charge in [-0.1, -0.05) is 12.1 Å². The van der Waals surface area contributed by atoms with E-state index in [9.17, 15) is 9.18 Å². The van der Waals surface area contributed by atoms with Crippen LogP contribution in [0.25, 0.3) is 0 Å². The maximum absolute atomic E-state index is 13.5. The molecule has 1 fully saturated rings. The summed E-state index contributed by atoms with van der Waals surface area (Å²) in [5.74, 6) is -0.400. The molecule has 1 aromatic carbocycles. The number of benzene rings is 1. The highest BCUT2D eigenvalue weighted by atomic mass is 19.1. The molecular weight excluding hydrogens is 231 g/mol. The summed E-state index contributed by atoms with van der Waals surface area (Å²) in [6.45, 7) is 4.37. The first-order valence-electron chi connectivity index (χ1n) is 5.94. The first-order valence-corrected chi connectivity index (χ1v) is 5.94. The van der Waals surface area contributed by atoms with Gasteiger partial charge in [0.1, 0.15) is 5.82 Å². The van der Waals surface area contributed by atoms with E-state index in [1.165, 1.54) is 0 Å². The van der Waals surface area contributed by atoms with Crippen molar-refractivity contribution < 1.29 is 9.18 Å². The van der Waals surface area contributed by atoms with Gasteiger partial charge in [-0.05, 0) is 30.5 Å². The van der Waals surface area contributed by atoms with Crippen LogP contribution in [0.5, 0.6) is 0 Å². The molecular formula is C14H15FN2O. The lowest BCUT2D eigenvalue weighted by atomic mass is 10.1. The molecule has 1 aliphatic heterocycles. The molecule has 0 aliphatic carbocycles. The Hall–Kier alpha value is -1.89. The van der Waals surface area contributed by atoms with Crippen LogP contribution in [0, 0.1) is 36.9 Å². The molecule has 0 bridgehead atoms. The van der Waals surface area contributed by atoms with Gasteiger partial charge in [-0.2, -0.15) is 5.26 Å². The molecule has 0 spiro atoms. The van der Waals surface area contributed by atoms with Crippen LogP contribution in [-0.4, -0.2) is 17.4 Å². The van der Waals surface area contributed by atoms with Crippen molar-refractivity contribution in [2.24, 2.45) is 5.92 Å². The zero-order chi connectivity index (χ0) is 13.3. The summed E-state index contributed by atoms with van der Waals surface area (Å²) in [7, 11) is 0. The number of aryl methyl sites for hydroxylation is 2. The zero-order valence-corrected chi connectivity index (χ0v) is 10.5. The van der Waals surface area contributed by atoms with Gasteiger partial charge in [0, 0.05) is 19.5 Å². The number of amides is 1. The van der Waals surface area contributed by atoms with Gasteiger partial charge in [-0.25, -0.2) is 4.39 Å². The monoisotopic (exact) mass is 246 g/mol. The van der Waals surface area contributed by atoms with E-state index >= 15 is 0 Å². The molecule has 1 aromatic rings. The fourth-order valence-corrected chi connectivity index (χ4v) is 2.36. The number of rotatable bonds is 2. The third kappa shape index (κ3) is 2.35. The second kappa shape index (κ2) is 4.77. The largest absolute Gasteiger partial charge is 0.337 e. The standard InChI is InChI=1S/C14H15FN2O/c1-9-3-11(4-10(2)14(9)15)7-17-8-12(6-16)5-13(17)18/h3-4,12H,5,7-8H2,1-2H3. The van der Waals surface area contributed by atoms with Crippen molar-refractivity contribution in [3.63, 3.8) is 0 Å². The van der Waals surface area contributed by atoms with E-state index in [0.717, 1.165) is 5.56 Å². The van der Waals surface area contributed by atoms with Crippen molar-refractivity contribution in [1.82, 2.24) is 4.90 Å². The molecule has 1 aliphatic rings. The number of likely N-dealkylation sites (tertiary alicyclic amines) is 1. The molecule has 1 atom stereocenters. The van der Waals surface area contributed by atoms with Crippen molar-refractivity contribution >= 4 is 5.91 Å². The highest BCUT2D eigenvalue weighted by Gasteiger charge is 2.29. The first kappa shape index (κ1) is 12.6. The zero-order valence-electron chi connectivity index (χ0n) is 10.5. The van der Waals surface area contributed by atoms with E-state index in [-0.39, 0.29) is 17.6 Å².